The van der Waals surface area contributed by atoms with E-state index in [4.69, 9.17) is 0 Å². The molecular formula is C15H19F3N2O2. The largest absolute Gasteiger partial charge is 0.468 e. The van der Waals surface area contributed by atoms with Crippen LogP contribution in [0.5, 0.6) is 5.88 Å². The van der Waals surface area contributed by atoms with Gasteiger partial charge in [0.05, 0.1) is 5.56 Å². The number of halogens is 3. The lowest BCUT2D eigenvalue weighted by Crippen LogP contribution is -2.41. The zero-order valence-corrected chi connectivity index (χ0v) is 12.3. The second-order valence-corrected chi connectivity index (χ2v) is 5.63. The molecule has 1 aliphatic carbocycles. The molecule has 1 aromatic rings. The minimum Gasteiger partial charge on any atom is -0.468 e. The second-order valence-electron chi connectivity index (χ2n) is 5.63. The van der Waals surface area contributed by atoms with Crippen LogP contribution in [0.3, 0.4) is 0 Å². The molecule has 122 valence electrons. The number of hydrogen-bond donors (Lipinski definition) is 1. The van der Waals surface area contributed by atoms with Crippen molar-refractivity contribution in [3.63, 3.8) is 0 Å². The maximum absolute atomic E-state index is 12.1. The Bertz CT molecular complexity index is 503. The number of nitrogens with zero attached hydrogens (tertiary/aromatic N) is 1. The van der Waals surface area contributed by atoms with Crippen LogP contribution in [0, 0.1) is 5.92 Å². The highest BCUT2D eigenvalue weighted by atomic mass is 19.4. The number of carbonyl (C=O) groups is 1. The van der Waals surface area contributed by atoms with Crippen molar-refractivity contribution in [2.75, 3.05) is 6.61 Å². The van der Waals surface area contributed by atoms with E-state index in [1.54, 1.807) is 0 Å². The standard InChI is InChI=1S/C15H19F3N2O2/c1-10-4-2-3-5-12(10)20-14(21)11-6-7-13(19-8-11)22-9-15(16,17)18/h6-8,10,12H,2-5,9H2,1H3,(H,20,21)/t10-,12-/m1/s1. The van der Waals surface area contributed by atoms with Gasteiger partial charge in [-0.1, -0.05) is 19.8 Å². The first kappa shape index (κ1) is 16.6. The number of alkyl halides is 3. The molecule has 0 saturated heterocycles. The normalized spacial score (nSPS) is 22.2. The number of aromatic nitrogens is 1. The Morgan fingerprint density at radius 3 is 2.68 bits per heavy atom. The van der Waals surface area contributed by atoms with Gasteiger partial charge in [0.1, 0.15) is 0 Å². The van der Waals surface area contributed by atoms with Crippen LogP contribution in [0.15, 0.2) is 18.3 Å². The van der Waals surface area contributed by atoms with Gasteiger partial charge < -0.3 is 10.1 Å². The third-order valence-corrected chi connectivity index (χ3v) is 3.81. The van der Waals surface area contributed by atoms with Gasteiger partial charge in [-0.15, -0.1) is 0 Å². The van der Waals surface area contributed by atoms with Gasteiger partial charge in [-0.25, -0.2) is 4.98 Å². The molecule has 2 atom stereocenters. The van der Waals surface area contributed by atoms with E-state index in [0.29, 0.717) is 11.5 Å². The zero-order valence-electron chi connectivity index (χ0n) is 12.3. The molecule has 0 radical (unpaired) electrons. The van der Waals surface area contributed by atoms with Crippen molar-refractivity contribution in [1.29, 1.82) is 0 Å². The molecule has 0 aromatic carbocycles. The minimum absolute atomic E-state index is 0.141. The molecular weight excluding hydrogens is 297 g/mol. The van der Waals surface area contributed by atoms with E-state index in [9.17, 15) is 18.0 Å². The molecule has 4 nitrogen and oxygen atoms in total. The smallest absolute Gasteiger partial charge is 0.422 e. The Kier molecular flexibility index (Phi) is 5.26. The van der Waals surface area contributed by atoms with Gasteiger partial charge in [0.25, 0.3) is 5.91 Å². The quantitative estimate of drug-likeness (QED) is 0.927. The Labute approximate surface area is 127 Å². The predicted octanol–water partition coefficient (Wildman–Crippen LogP) is 3.33. The number of rotatable bonds is 4. The molecule has 1 saturated carbocycles. The van der Waals surface area contributed by atoms with Gasteiger partial charge in [0.15, 0.2) is 6.61 Å². The number of hydrogen-bond acceptors (Lipinski definition) is 3. The molecule has 2 rings (SSSR count). The minimum atomic E-state index is -4.41. The first-order valence-electron chi connectivity index (χ1n) is 7.31. The van der Waals surface area contributed by atoms with Crippen LogP contribution >= 0.6 is 0 Å². The summed E-state index contributed by atoms with van der Waals surface area (Å²) in [6.07, 6.45) is 1.14. The SMILES string of the molecule is C[C@@H]1CCCC[C@H]1NC(=O)c1ccc(OCC(F)(F)F)nc1. The van der Waals surface area contributed by atoms with Gasteiger partial charge in [-0.2, -0.15) is 13.2 Å². The topological polar surface area (TPSA) is 51.2 Å². The summed E-state index contributed by atoms with van der Waals surface area (Å²) in [5.41, 5.74) is 0.317. The second kappa shape index (κ2) is 6.98. The molecule has 1 heterocycles. The first-order valence-corrected chi connectivity index (χ1v) is 7.31. The van der Waals surface area contributed by atoms with Crippen LogP contribution in [-0.4, -0.2) is 29.7 Å². The number of ether oxygens (including phenoxy) is 1. The molecule has 22 heavy (non-hydrogen) atoms. The van der Waals surface area contributed by atoms with Crippen LogP contribution in [-0.2, 0) is 0 Å². The van der Waals surface area contributed by atoms with E-state index >= 15 is 0 Å². The average molecular weight is 316 g/mol. The van der Waals surface area contributed by atoms with Crippen molar-refractivity contribution in [2.24, 2.45) is 5.92 Å². The fraction of sp³-hybridized carbons (Fsp3) is 0.600. The van der Waals surface area contributed by atoms with Crippen molar-refractivity contribution in [3.8, 4) is 5.88 Å². The molecule has 1 fully saturated rings. The van der Waals surface area contributed by atoms with E-state index in [0.717, 1.165) is 19.3 Å². The third kappa shape index (κ3) is 4.89. The van der Waals surface area contributed by atoms with Crippen LogP contribution in [0.1, 0.15) is 43.0 Å². The van der Waals surface area contributed by atoms with Crippen LogP contribution in [0.25, 0.3) is 0 Å². The lowest BCUT2D eigenvalue weighted by Gasteiger charge is -2.29. The highest BCUT2D eigenvalue weighted by molar-refractivity contribution is 5.94. The maximum atomic E-state index is 12.1. The highest BCUT2D eigenvalue weighted by Gasteiger charge is 2.28. The van der Waals surface area contributed by atoms with E-state index in [1.165, 1.54) is 24.8 Å². The summed E-state index contributed by atoms with van der Waals surface area (Å²) in [5.74, 6) is 0.0218. The van der Waals surface area contributed by atoms with Gasteiger partial charge >= 0.3 is 6.18 Å². The Morgan fingerprint density at radius 2 is 2.09 bits per heavy atom. The number of nitrogens with one attached hydrogen (secondary N) is 1. The number of amides is 1. The van der Waals surface area contributed by atoms with Crippen LogP contribution < -0.4 is 10.1 Å². The fourth-order valence-electron chi connectivity index (χ4n) is 2.54. The molecule has 7 heteroatoms. The molecule has 0 spiro atoms. The van der Waals surface area contributed by atoms with Gasteiger partial charge in [-0.3, -0.25) is 4.79 Å². The Morgan fingerprint density at radius 1 is 1.36 bits per heavy atom. The summed E-state index contributed by atoms with van der Waals surface area (Å²) in [6.45, 7) is 0.710. The molecule has 0 unspecified atom stereocenters. The fourth-order valence-corrected chi connectivity index (χ4v) is 2.54. The summed E-state index contributed by atoms with van der Waals surface area (Å²) < 4.78 is 40.6. The summed E-state index contributed by atoms with van der Waals surface area (Å²) in [4.78, 5) is 15.8. The zero-order chi connectivity index (χ0) is 16.2. The van der Waals surface area contributed by atoms with Gasteiger partial charge in [0.2, 0.25) is 5.88 Å². The lowest BCUT2D eigenvalue weighted by molar-refractivity contribution is -0.154. The van der Waals surface area contributed by atoms with E-state index in [1.807, 2.05) is 0 Å². The monoisotopic (exact) mass is 316 g/mol. The maximum Gasteiger partial charge on any atom is 0.422 e. The average Bonchev–Trinajstić information content (AvgIpc) is 2.47. The number of carbonyl (C=O) groups excluding carboxylic acids is 1. The molecule has 0 aliphatic heterocycles. The van der Waals surface area contributed by atoms with E-state index < -0.39 is 12.8 Å². The third-order valence-electron chi connectivity index (χ3n) is 3.81. The summed E-state index contributed by atoms with van der Waals surface area (Å²) >= 11 is 0. The predicted molar refractivity (Wildman–Crippen MR) is 74.7 cm³/mol. The molecule has 1 amide bonds. The highest BCUT2D eigenvalue weighted by Crippen LogP contribution is 2.24. The number of pyridine rings is 1. The summed E-state index contributed by atoms with van der Waals surface area (Å²) in [6, 6.07) is 2.83. The Hall–Kier alpha value is -1.79. The lowest BCUT2D eigenvalue weighted by atomic mass is 9.86. The van der Waals surface area contributed by atoms with Crippen molar-refractivity contribution >= 4 is 5.91 Å². The molecule has 0 bridgehead atoms. The van der Waals surface area contributed by atoms with Crippen LogP contribution in [0.4, 0.5) is 13.2 Å². The molecule has 1 N–H and O–H groups in total. The van der Waals surface area contributed by atoms with Crippen molar-refractivity contribution in [2.45, 2.75) is 44.8 Å². The van der Waals surface area contributed by atoms with Crippen LogP contribution in [0.2, 0.25) is 0 Å². The first-order chi connectivity index (χ1) is 10.3. The molecule has 1 aliphatic rings. The van der Waals surface area contributed by atoms with E-state index in [-0.39, 0.29) is 17.8 Å². The van der Waals surface area contributed by atoms with E-state index in [2.05, 4.69) is 22.0 Å². The van der Waals surface area contributed by atoms with Crippen molar-refractivity contribution in [3.05, 3.63) is 23.9 Å². The summed E-state index contributed by atoms with van der Waals surface area (Å²) in [7, 11) is 0. The van der Waals surface area contributed by atoms with Gasteiger partial charge in [0, 0.05) is 18.3 Å². The van der Waals surface area contributed by atoms with Gasteiger partial charge in [-0.05, 0) is 24.8 Å². The van der Waals surface area contributed by atoms with Crippen molar-refractivity contribution in [1.82, 2.24) is 10.3 Å². The Balaban J connectivity index is 1.90. The molecule has 1 aromatic heterocycles. The van der Waals surface area contributed by atoms with Crippen molar-refractivity contribution < 1.29 is 22.7 Å². The summed E-state index contributed by atoms with van der Waals surface area (Å²) in [5, 5.41) is 2.96.